The molecular weight excluding hydrogens is 212 g/mol. The van der Waals surface area contributed by atoms with Crippen molar-refractivity contribution < 1.29 is 4.74 Å². The van der Waals surface area contributed by atoms with Crippen LogP contribution in [0.2, 0.25) is 0 Å². The Labute approximate surface area is 103 Å². The minimum atomic E-state index is -0.262. The molecule has 92 valence electrons. The van der Waals surface area contributed by atoms with Gasteiger partial charge in [-0.1, -0.05) is 13.8 Å². The highest BCUT2D eigenvalue weighted by molar-refractivity contribution is 5.41. The highest BCUT2D eigenvalue weighted by Gasteiger charge is 2.21. The Balaban J connectivity index is 2.71. The van der Waals surface area contributed by atoms with Gasteiger partial charge in [0.2, 0.25) is 0 Å². The molecule has 2 N–H and O–H groups in total. The summed E-state index contributed by atoms with van der Waals surface area (Å²) in [6.45, 7) is 6.54. The third-order valence-corrected chi connectivity index (χ3v) is 3.25. The first kappa shape index (κ1) is 13.5. The number of rotatable bonds is 5. The molecular formula is C14H20N2O. The van der Waals surface area contributed by atoms with Gasteiger partial charge in [-0.25, -0.2) is 0 Å². The van der Waals surface area contributed by atoms with Gasteiger partial charge in [-0.05, 0) is 43.5 Å². The number of nitrogens with two attached hydrogens (primary N) is 1. The molecule has 0 aliphatic heterocycles. The maximum Gasteiger partial charge on any atom is 0.119 e. The van der Waals surface area contributed by atoms with Gasteiger partial charge in [-0.3, -0.25) is 0 Å². The highest BCUT2D eigenvalue weighted by Crippen LogP contribution is 2.19. The van der Waals surface area contributed by atoms with Gasteiger partial charge in [0.25, 0.3) is 0 Å². The molecule has 3 heteroatoms. The van der Waals surface area contributed by atoms with Crippen LogP contribution in [-0.4, -0.2) is 12.1 Å². The van der Waals surface area contributed by atoms with Crippen molar-refractivity contribution >= 4 is 0 Å². The first-order valence-electron chi connectivity index (χ1n) is 5.97. The third kappa shape index (κ3) is 3.47. The van der Waals surface area contributed by atoms with Gasteiger partial charge < -0.3 is 10.5 Å². The fourth-order valence-electron chi connectivity index (χ4n) is 1.53. The average molecular weight is 232 g/mol. The van der Waals surface area contributed by atoms with Crippen LogP contribution < -0.4 is 10.5 Å². The van der Waals surface area contributed by atoms with Crippen LogP contribution in [0, 0.1) is 18.3 Å². The Kier molecular flexibility index (Phi) is 4.53. The summed E-state index contributed by atoms with van der Waals surface area (Å²) >= 11 is 0. The second kappa shape index (κ2) is 5.70. The lowest BCUT2D eigenvalue weighted by Crippen LogP contribution is -2.44. The Morgan fingerprint density at radius 1 is 1.35 bits per heavy atom. The molecule has 0 aliphatic carbocycles. The zero-order valence-electron chi connectivity index (χ0n) is 10.8. The van der Waals surface area contributed by atoms with Crippen LogP contribution >= 0.6 is 0 Å². The molecule has 0 fully saturated rings. The van der Waals surface area contributed by atoms with Crippen molar-refractivity contribution in [1.29, 1.82) is 5.26 Å². The van der Waals surface area contributed by atoms with Crippen molar-refractivity contribution in [2.45, 2.75) is 39.2 Å². The molecule has 0 bridgehead atoms. The van der Waals surface area contributed by atoms with Gasteiger partial charge in [0, 0.05) is 5.54 Å². The van der Waals surface area contributed by atoms with Crippen molar-refractivity contribution in [3.8, 4) is 11.8 Å². The quantitative estimate of drug-likeness (QED) is 0.849. The fourth-order valence-corrected chi connectivity index (χ4v) is 1.53. The standard InChI is InChI=1S/C14H20N2O/c1-4-14(16,5-2)10-17-13-7-6-12(9-15)11(3)8-13/h6-8H,4-5,10,16H2,1-3H3. The van der Waals surface area contributed by atoms with Crippen molar-refractivity contribution in [1.82, 2.24) is 0 Å². The number of ether oxygens (including phenoxy) is 1. The molecule has 1 aromatic rings. The minimum Gasteiger partial charge on any atom is -0.492 e. The molecule has 0 atom stereocenters. The number of nitrogens with zero attached hydrogens (tertiary/aromatic N) is 1. The first-order valence-corrected chi connectivity index (χ1v) is 5.97. The van der Waals surface area contributed by atoms with Gasteiger partial charge >= 0.3 is 0 Å². The summed E-state index contributed by atoms with van der Waals surface area (Å²) in [6.07, 6.45) is 1.78. The van der Waals surface area contributed by atoms with Gasteiger partial charge in [0.05, 0.1) is 11.6 Å². The predicted molar refractivity (Wildman–Crippen MR) is 68.9 cm³/mol. The summed E-state index contributed by atoms with van der Waals surface area (Å²) < 4.78 is 5.70. The Bertz CT molecular complexity index is 417. The maximum absolute atomic E-state index is 8.83. The monoisotopic (exact) mass is 232 g/mol. The molecule has 3 nitrogen and oxygen atoms in total. The Morgan fingerprint density at radius 2 is 2.00 bits per heavy atom. The fraction of sp³-hybridized carbons (Fsp3) is 0.500. The van der Waals surface area contributed by atoms with E-state index in [-0.39, 0.29) is 5.54 Å². The van der Waals surface area contributed by atoms with Gasteiger partial charge in [0.1, 0.15) is 12.4 Å². The van der Waals surface area contributed by atoms with Crippen molar-refractivity contribution in [2.75, 3.05) is 6.61 Å². The van der Waals surface area contributed by atoms with E-state index in [2.05, 4.69) is 19.9 Å². The average Bonchev–Trinajstić information content (AvgIpc) is 2.36. The van der Waals surface area contributed by atoms with Crippen LogP contribution in [0.15, 0.2) is 18.2 Å². The molecule has 0 unspecified atom stereocenters. The molecule has 0 aliphatic rings. The van der Waals surface area contributed by atoms with Gasteiger partial charge in [0.15, 0.2) is 0 Å². The summed E-state index contributed by atoms with van der Waals surface area (Å²) in [6, 6.07) is 7.61. The second-order valence-electron chi connectivity index (χ2n) is 4.45. The van der Waals surface area contributed by atoms with E-state index >= 15 is 0 Å². The van der Waals surface area contributed by atoms with E-state index in [0.29, 0.717) is 12.2 Å². The van der Waals surface area contributed by atoms with Crippen LogP contribution in [-0.2, 0) is 0 Å². The van der Waals surface area contributed by atoms with Crippen LogP contribution in [0.25, 0.3) is 0 Å². The number of benzene rings is 1. The van der Waals surface area contributed by atoms with E-state index in [9.17, 15) is 0 Å². The van der Waals surface area contributed by atoms with Gasteiger partial charge in [-0.2, -0.15) is 5.26 Å². The zero-order chi connectivity index (χ0) is 12.9. The molecule has 0 saturated carbocycles. The van der Waals surface area contributed by atoms with Crippen molar-refractivity contribution in [2.24, 2.45) is 5.73 Å². The normalized spacial score (nSPS) is 11.0. The molecule has 0 radical (unpaired) electrons. The molecule has 0 saturated heterocycles. The summed E-state index contributed by atoms with van der Waals surface area (Å²) in [4.78, 5) is 0. The van der Waals surface area contributed by atoms with Crippen LogP contribution in [0.4, 0.5) is 0 Å². The van der Waals surface area contributed by atoms with Crippen LogP contribution in [0.5, 0.6) is 5.75 Å². The number of hydrogen-bond donors (Lipinski definition) is 1. The molecule has 0 spiro atoms. The lowest BCUT2D eigenvalue weighted by Gasteiger charge is -2.26. The van der Waals surface area contributed by atoms with E-state index in [1.807, 2.05) is 19.1 Å². The third-order valence-electron chi connectivity index (χ3n) is 3.25. The summed E-state index contributed by atoms with van der Waals surface area (Å²) in [5, 5.41) is 8.83. The summed E-state index contributed by atoms with van der Waals surface area (Å²) in [5.74, 6) is 0.776. The second-order valence-corrected chi connectivity index (χ2v) is 4.45. The Morgan fingerprint density at radius 3 is 2.47 bits per heavy atom. The molecule has 17 heavy (non-hydrogen) atoms. The van der Waals surface area contributed by atoms with E-state index in [1.54, 1.807) is 6.07 Å². The topological polar surface area (TPSA) is 59.0 Å². The minimum absolute atomic E-state index is 0.262. The van der Waals surface area contributed by atoms with E-state index < -0.39 is 0 Å². The predicted octanol–water partition coefficient (Wildman–Crippen LogP) is 2.76. The highest BCUT2D eigenvalue weighted by atomic mass is 16.5. The van der Waals surface area contributed by atoms with E-state index in [0.717, 1.165) is 24.2 Å². The summed E-state index contributed by atoms with van der Waals surface area (Å²) in [7, 11) is 0. The van der Waals surface area contributed by atoms with E-state index in [4.69, 9.17) is 15.7 Å². The Hall–Kier alpha value is -1.53. The lowest BCUT2D eigenvalue weighted by molar-refractivity contribution is 0.207. The number of aryl methyl sites for hydroxylation is 1. The number of hydrogen-bond acceptors (Lipinski definition) is 3. The molecule has 1 rings (SSSR count). The molecule has 1 aromatic carbocycles. The largest absolute Gasteiger partial charge is 0.492 e. The number of nitriles is 1. The molecule has 0 heterocycles. The van der Waals surface area contributed by atoms with Crippen molar-refractivity contribution in [3.63, 3.8) is 0 Å². The van der Waals surface area contributed by atoms with Crippen LogP contribution in [0.1, 0.15) is 37.8 Å². The molecule has 0 aromatic heterocycles. The van der Waals surface area contributed by atoms with Crippen LogP contribution in [0.3, 0.4) is 0 Å². The maximum atomic E-state index is 8.83. The molecule has 0 amide bonds. The first-order chi connectivity index (χ1) is 8.04. The SMILES string of the molecule is CCC(N)(CC)COc1ccc(C#N)c(C)c1. The van der Waals surface area contributed by atoms with E-state index in [1.165, 1.54) is 0 Å². The van der Waals surface area contributed by atoms with Crippen molar-refractivity contribution in [3.05, 3.63) is 29.3 Å². The lowest BCUT2D eigenvalue weighted by atomic mass is 9.96. The zero-order valence-corrected chi connectivity index (χ0v) is 10.8. The van der Waals surface area contributed by atoms with Gasteiger partial charge in [-0.15, -0.1) is 0 Å². The summed E-state index contributed by atoms with van der Waals surface area (Å²) in [5.41, 5.74) is 7.51. The smallest absolute Gasteiger partial charge is 0.119 e.